The summed E-state index contributed by atoms with van der Waals surface area (Å²) in [6.45, 7) is 7.72. The van der Waals surface area contributed by atoms with Gasteiger partial charge in [-0.05, 0) is 25.5 Å². The lowest BCUT2D eigenvalue weighted by molar-refractivity contribution is 0.586. The number of thioether (sulfide) groups is 1. The van der Waals surface area contributed by atoms with Crippen LogP contribution in [0.1, 0.15) is 19.8 Å². The van der Waals surface area contributed by atoms with E-state index in [2.05, 4.69) is 40.9 Å². The number of nitrogens with zero attached hydrogens (tertiary/aromatic N) is 1. The van der Waals surface area contributed by atoms with Gasteiger partial charge in [0, 0.05) is 24.9 Å². The van der Waals surface area contributed by atoms with Crippen LogP contribution in [0.15, 0.2) is 17.6 Å². The average molecular weight is 355 g/mol. The molecule has 1 aliphatic heterocycles. The summed E-state index contributed by atoms with van der Waals surface area (Å²) in [5.41, 5.74) is 0. The smallest absolute Gasteiger partial charge is 0.191 e. The summed E-state index contributed by atoms with van der Waals surface area (Å²) in [5.74, 6) is 2.15. The minimum absolute atomic E-state index is 0. The highest BCUT2D eigenvalue weighted by Crippen LogP contribution is 2.36. The molecule has 0 spiro atoms. The van der Waals surface area contributed by atoms with Crippen molar-refractivity contribution < 1.29 is 0 Å². The van der Waals surface area contributed by atoms with Crippen molar-refractivity contribution in [1.82, 2.24) is 10.6 Å². The highest BCUT2D eigenvalue weighted by molar-refractivity contribution is 14.0. The van der Waals surface area contributed by atoms with Crippen molar-refractivity contribution in [3.8, 4) is 0 Å². The summed E-state index contributed by atoms with van der Waals surface area (Å²) in [6.07, 6.45) is 4.46. The molecule has 3 nitrogen and oxygen atoms in total. The maximum atomic E-state index is 4.16. The van der Waals surface area contributed by atoms with Crippen molar-refractivity contribution in [2.24, 2.45) is 4.99 Å². The number of hydrogen-bond acceptors (Lipinski definition) is 2. The lowest BCUT2D eigenvalue weighted by atomic mass is 10.1. The second-order valence-electron chi connectivity index (χ2n) is 4.00. The van der Waals surface area contributed by atoms with E-state index in [1.54, 1.807) is 7.05 Å². The quantitative estimate of drug-likeness (QED) is 0.352. The number of nitrogens with one attached hydrogen (secondary N) is 2. The Balaban J connectivity index is 0.00000225. The monoisotopic (exact) mass is 355 g/mol. The first kappa shape index (κ1) is 16.1. The van der Waals surface area contributed by atoms with Gasteiger partial charge in [-0.1, -0.05) is 6.08 Å². The molecule has 1 unspecified atom stereocenters. The molecule has 2 N–H and O–H groups in total. The van der Waals surface area contributed by atoms with Crippen molar-refractivity contribution in [3.63, 3.8) is 0 Å². The summed E-state index contributed by atoms with van der Waals surface area (Å²) >= 11 is 2.06. The highest BCUT2D eigenvalue weighted by Gasteiger charge is 2.29. The van der Waals surface area contributed by atoms with Crippen molar-refractivity contribution >= 4 is 41.7 Å². The number of hydrogen-bond donors (Lipinski definition) is 2. The van der Waals surface area contributed by atoms with Crippen molar-refractivity contribution in [3.05, 3.63) is 12.7 Å². The SMILES string of the molecule is C=CCNC(=NC)NCC1(C)CCCS1.I. The number of rotatable bonds is 4. The van der Waals surface area contributed by atoms with E-state index in [9.17, 15) is 0 Å². The first-order chi connectivity index (χ1) is 7.20. The van der Waals surface area contributed by atoms with E-state index in [1.165, 1.54) is 18.6 Å². The van der Waals surface area contributed by atoms with Crippen LogP contribution in [-0.2, 0) is 0 Å². The van der Waals surface area contributed by atoms with Gasteiger partial charge in [-0.15, -0.1) is 30.6 Å². The van der Waals surface area contributed by atoms with E-state index >= 15 is 0 Å². The van der Waals surface area contributed by atoms with Gasteiger partial charge >= 0.3 is 0 Å². The molecule has 0 aromatic heterocycles. The minimum Gasteiger partial charge on any atom is -0.355 e. The van der Waals surface area contributed by atoms with Crippen LogP contribution in [0.4, 0.5) is 0 Å². The Bertz CT molecular complexity index is 237. The molecule has 0 aromatic rings. The zero-order chi connectivity index (χ0) is 11.1. The Hall–Kier alpha value is 0.0900. The molecule has 0 radical (unpaired) electrons. The highest BCUT2D eigenvalue weighted by atomic mass is 127. The molecule has 16 heavy (non-hydrogen) atoms. The van der Waals surface area contributed by atoms with Crippen LogP contribution in [0, 0.1) is 0 Å². The minimum atomic E-state index is 0. The normalized spacial score (nSPS) is 24.8. The first-order valence-corrected chi connectivity index (χ1v) is 6.38. The lowest BCUT2D eigenvalue weighted by Crippen LogP contribution is -2.43. The van der Waals surface area contributed by atoms with Gasteiger partial charge in [-0.2, -0.15) is 11.8 Å². The van der Waals surface area contributed by atoms with Crippen LogP contribution < -0.4 is 10.6 Å². The molecule has 1 saturated heterocycles. The third kappa shape index (κ3) is 5.43. The Kier molecular flexibility index (Phi) is 8.27. The van der Waals surface area contributed by atoms with Gasteiger partial charge in [0.25, 0.3) is 0 Å². The molecular formula is C11H22IN3S. The molecular weight excluding hydrogens is 333 g/mol. The predicted molar refractivity (Wildman–Crippen MR) is 85.1 cm³/mol. The molecule has 1 aliphatic rings. The lowest BCUT2D eigenvalue weighted by Gasteiger charge is -2.24. The van der Waals surface area contributed by atoms with Gasteiger partial charge in [-0.25, -0.2) is 0 Å². The van der Waals surface area contributed by atoms with E-state index in [0.717, 1.165) is 19.0 Å². The van der Waals surface area contributed by atoms with Crippen LogP contribution in [-0.4, -0.2) is 36.6 Å². The standard InChI is InChI=1S/C11H21N3S.HI/c1-4-7-13-10(12-3)14-9-11(2)6-5-8-15-11;/h4H,1,5-9H2,2-3H3,(H2,12,13,14);1H. The molecule has 1 heterocycles. The summed E-state index contributed by atoms with van der Waals surface area (Å²) in [6, 6.07) is 0. The van der Waals surface area contributed by atoms with Crippen LogP contribution in [0.5, 0.6) is 0 Å². The first-order valence-electron chi connectivity index (χ1n) is 5.39. The van der Waals surface area contributed by atoms with E-state index in [-0.39, 0.29) is 24.0 Å². The second-order valence-corrected chi connectivity index (χ2v) is 5.68. The Morgan fingerprint density at radius 2 is 2.31 bits per heavy atom. The van der Waals surface area contributed by atoms with E-state index in [1.807, 2.05) is 6.08 Å². The topological polar surface area (TPSA) is 36.4 Å². The van der Waals surface area contributed by atoms with Gasteiger partial charge < -0.3 is 10.6 Å². The number of guanidine groups is 1. The summed E-state index contributed by atoms with van der Waals surface area (Å²) < 4.78 is 0.381. The van der Waals surface area contributed by atoms with Crippen molar-refractivity contribution in [2.45, 2.75) is 24.5 Å². The maximum absolute atomic E-state index is 4.16. The van der Waals surface area contributed by atoms with E-state index in [0.29, 0.717) is 4.75 Å². The summed E-state index contributed by atoms with van der Waals surface area (Å²) in [4.78, 5) is 4.16. The van der Waals surface area contributed by atoms with Crippen molar-refractivity contribution in [2.75, 3.05) is 25.9 Å². The summed E-state index contributed by atoms with van der Waals surface area (Å²) in [5, 5.41) is 6.53. The molecule has 0 bridgehead atoms. The molecule has 1 atom stereocenters. The maximum Gasteiger partial charge on any atom is 0.191 e. The zero-order valence-corrected chi connectivity index (χ0v) is 13.2. The fourth-order valence-corrected chi connectivity index (χ4v) is 2.88. The van der Waals surface area contributed by atoms with Crippen LogP contribution in [0.2, 0.25) is 0 Å². The predicted octanol–water partition coefficient (Wildman–Crippen LogP) is 2.24. The Morgan fingerprint density at radius 3 is 2.81 bits per heavy atom. The van der Waals surface area contributed by atoms with Gasteiger partial charge in [0.15, 0.2) is 5.96 Å². The Morgan fingerprint density at radius 1 is 1.56 bits per heavy atom. The fraction of sp³-hybridized carbons (Fsp3) is 0.727. The zero-order valence-electron chi connectivity index (χ0n) is 10.1. The molecule has 1 fully saturated rings. The largest absolute Gasteiger partial charge is 0.355 e. The second kappa shape index (κ2) is 8.22. The number of halogens is 1. The van der Waals surface area contributed by atoms with Gasteiger partial charge in [0.2, 0.25) is 0 Å². The third-order valence-electron chi connectivity index (χ3n) is 2.57. The molecule has 0 aliphatic carbocycles. The van der Waals surface area contributed by atoms with Crippen LogP contribution in [0.25, 0.3) is 0 Å². The number of aliphatic imine (C=N–C) groups is 1. The Labute approximate surface area is 120 Å². The van der Waals surface area contributed by atoms with Crippen LogP contribution >= 0.6 is 35.7 Å². The molecule has 0 saturated carbocycles. The summed E-state index contributed by atoms with van der Waals surface area (Å²) in [7, 11) is 1.79. The van der Waals surface area contributed by atoms with Gasteiger partial charge in [0.1, 0.15) is 0 Å². The molecule has 0 aromatic carbocycles. The molecule has 94 valence electrons. The molecule has 1 rings (SSSR count). The molecule has 0 amide bonds. The molecule has 5 heteroatoms. The third-order valence-corrected chi connectivity index (χ3v) is 4.11. The van der Waals surface area contributed by atoms with Crippen molar-refractivity contribution in [1.29, 1.82) is 0 Å². The van der Waals surface area contributed by atoms with Crippen LogP contribution in [0.3, 0.4) is 0 Å². The average Bonchev–Trinajstić information content (AvgIpc) is 2.66. The fourth-order valence-electron chi connectivity index (χ4n) is 1.64. The van der Waals surface area contributed by atoms with E-state index < -0.39 is 0 Å². The van der Waals surface area contributed by atoms with E-state index in [4.69, 9.17) is 0 Å². The van der Waals surface area contributed by atoms with Gasteiger partial charge in [0.05, 0.1) is 0 Å². The van der Waals surface area contributed by atoms with Gasteiger partial charge in [-0.3, -0.25) is 4.99 Å².